The molecule has 106 valence electrons. The van der Waals surface area contributed by atoms with E-state index in [9.17, 15) is 4.79 Å². The van der Waals surface area contributed by atoms with Crippen LogP contribution in [0.15, 0.2) is 33.6 Å². The van der Waals surface area contributed by atoms with Crippen LogP contribution in [0.25, 0.3) is 0 Å². The molecule has 0 saturated heterocycles. The molecule has 1 aromatic heterocycles. The fraction of sp³-hybridized carbons (Fsp3) is 0.286. The number of nitrogens with zero attached hydrogens (tertiary/aromatic N) is 2. The average molecular weight is 355 g/mol. The molecule has 0 aliphatic carbocycles. The predicted octanol–water partition coefficient (Wildman–Crippen LogP) is 3.96. The lowest BCUT2D eigenvalue weighted by Gasteiger charge is -2.06. The fourth-order valence-electron chi connectivity index (χ4n) is 1.90. The van der Waals surface area contributed by atoms with Crippen LogP contribution < -0.4 is 0 Å². The summed E-state index contributed by atoms with van der Waals surface area (Å²) in [7, 11) is 0. The van der Waals surface area contributed by atoms with Gasteiger partial charge in [-0.2, -0.15) is 5.10 Å². The fourth-order valence-corrected chi connectivity index (χ4v) is 3.23. The SMILES string of the molecule is CCn1nc(C)cc1CSc1ccc(Br)c(C(=O)O)c1. The summed E-state index contributed by atoms with van der Waals surface area (Å²) in [6.07, 6.45) is 0. The maximum absolute atomic E-state index is 11.1. The predicted molar refractivity (Wildman–Crippen MR) is 83.3 cm³/mol. The molecule has 0 bridgehead atoms. The Bertz CT molecular complexity index is 640. The lowest BCUT2D eigenvalue weighted by atomic mass is 10.2. The third-order valence-electron chi connectivity index (χ3n) is 2.84. The van der Waals surface area contributed by atoms with E-state index in [-0.39, 0.29) is 5.56 Å². The number of aryl methyl sites for hydroxylation is 2. The van der Waals surface area contributed by atoms with Crippen LogP contribution in [0.4, 0.5) is 0 Å². The first-order chi connectivity index (χ1) is 9.51. The number of carboxylic acids is 1. The van der Waals surface area contributed by atoms with Gasteiger partial charge in [-0.15, -0.1) is 11.8 Å². The van der Waals surface area contributed by atoms with Crippen LogP contribution in [0.5, 0.6) is 0 Å². The van der Waals surface area contributed by atoms with E-state index in [1.54, 1.807) is 23.9 Å². The third-order valence-corrected chi connectivity index (χ3v) is 4.56. The van der Waals surface area contributed by atoms with Crippen molar-refractivity contribution in [3.05, 3.63) is 45.7 Å². The number of benzene rings is 1. The van der Waals surface area contributed by atoms with Gasteiger partial charge in [0.2, 0.25) is 0 Å². The Morgan fingerprint density at radius 2 is 2.20 bits per heavy atom. The summed E-state index contributed by atoms with van der Waals surface area (Å²) in [6.45, 7) is 4.87. The number of hydrogen-bond acceptors (Lipinski definition) is 3. The van der Waals surface area contributed by atoms with E-state index in [4.69, 9.17) is 5.11 Å². The molecular weight excluding hydrogens is 340 g/mol. The van der Waals surface area contributed by atoms with Crippen LogP contribution in [-0.2, 0) is 12.3 Å². The van der Waals surface area contributed by atoms with Crippen molar-refractivity contribution in [3.63, 3.8) is 0 Å². The van der Waals surface area contributed by atoms with Crippen LogP contribution >= 0.6 is 27.7 Å². The zero-order valence-electron chi connectivity index (χ0n) is 11.3. The molecule has 0 spiro atoms. The highest BCUT2D eigenvalue weighted by Crippen LogP contribution is 2.27. The van der Waals surface area contributed by atoms with Crippen molar-refractivity contribution in [3.8, 4) is 0 Å². The lowest BCUT2D eigenvalue weighted by Crippen LogP contribution is -2.01. The molecule has 6 heteroatoms. The largest absolute Gasteiger partial charge is 0.478 e. The quantitative estimate of drug-likeness (QED) is 0.825. The van der Waals surface area contributed by atoms with E-state index in [0.717, 1.165) is 28.6 Å². The van der Waals surface area contributed by atoms with E-state index in [0.29, 0.717) is 4.47 Å². The maximum atomic E-state index is 11.1. The molecule has 0 saturated carbocycles. The molecule has 1 aromatic carbocycles. The minimum absolute atomic E-state index is 0.287. The van der Waals surface area contributed by atoms with Gasteiger partial charge in [-0.05, 0) is 54.0 Å². The zero-order chi connectivity index (χ0) is 14.7. The van der Waals surface area contributed by atoms with Gasteiger partial charge >= 0.3 is 5.97 Å². The molecule has 4 nitrogen and oxygen atoms in total. The van der Waals surface area contributed by atoms with Crippen molar-refractivity contribution >= 4 is 33.7 Å². The Hall–Kier alpha value is -1.27. The van der Waals surface area contributed by atoms with Gasteiger partial charge < -0.3 is 5.11 Å². The Morgan fingerprint density at radius 1 is 1.45 bits per heavy atom. The second kappa shape index (κ2) is 6.45. The highest BCUT2D eigenvalue weighted by molar-refractivity contribution is 9.10. The molecule has 0 fully saturated rings. The third kappa shape index (κ3) is 3.43. The summed E-state index contributed by atoms with van der Waals surface area (Å²) in [5, 5.41) is 13.5. The Labute approximate surface area is 130 Å². The minimum Gasteiger partial charge on any atom is -0.478 e. The van der Waals surface area contributed by atoms with Gasteiger partial charge in [-0.1, -0.05) is 0 Å². The van der Waals surface area contributed by atoms with Gasteiger partial charge in [0.15, 0.2) is 0 Å². The number of aromatic nitrogens is 2. The normalized spacial score (nSPS) is 10.8. The van der Waals surface area contributed by atoms with Gasteiger partial charge in [0.05, 0.1) is 11.3 Å². The molecule has 0 radical (unpaired) electrons. The van der Waals surface area contributed by atoms with Crippen LogP contribution in [0.1, 0.15) is 28.7 Å². The summed E-state index contributed by atoms with van der Waals surface area (Å²) < 4.78 is 2.57. The number of hydrogen-bond donors (Lipinski definition) is 1. The average Bonchev–Trinajstić information content (AvgIpc) is 2.77. The van der Waals surface area contributed by atoms with Crippen molar-refractivity contribution in [2.75, 3.05) is 0 Å². The van der Waals surface area contributed by atoms with E-state index < -0.39 is 5.97 Å². The highest BCUT2D eigenvalue weighted by Gasteiger charge is 2.10. The lowest BCUT2D eigenvalue weighted by molar-refractivity contribution is 0.0695. The van der Waals surface area contributed by atoms with Crippen molar-refractivity contribution in [1.82, 2.24) is 9.78 Å². The van der Waals surface area contributed by atoms with E-state index >= 15 is 0 Å². The molecule has 0 unspecified atom stereocenters. The zero-order valence-corrected chi connectivity index (χ0v) is 13.7. The van der Waals surface area contributed by atoms with Crippen molar-refractivity contribution in [2.45, 2.75) is 31.0 Å². The number of carbonyl (C=O) groups is 1. The first-order valence-corrected chi connectivity index (χ1v) is 7.98. The number of aromatic carboxylic acids is 1. The molecule has 1 N–H and O–H groups in total. The topological polar surface area (TPSA) is 55.1 Å². The monoisotopic (exact) mass is 354 g/mol. The number of halogens is 1. The molecule has 0 aliphatic heterocycles. The molecular formula is C14H15BrN2O2S. The number of rotatable bonds is 5. The van der Waals surface area contributed by atoms with E-state index in [1.165, 1.54) is 0 Å². The van der Waals surface area contributed by atoms with E-state index in [2.05, 4.69) is 34.0 Å². The van der Waals surface area contributed by atoms with Crippen molar-refractivity contribution < 1.29 is 9.90 Å². The summed E-state index contributed by atoms with van der Waals surface area (Å²) in [6, 6.07) is 7.44. The Kier molecular flexibility index (Phi) is 4.88. The summed E-state index contributed by atoms with van der Waals surface area (Å²) in [5.74, 6) is -0.149. The van der Waals surface area contributed by atoms with Crippen LogP contribution in [0, 0.1) is 6.92 Å². The Balaban J connectivity index is 2.14. The second-order valence-corrected chi connectivity index (χ2v) is 6.23. The second-order valence-electron chi connectivity index (χ2n) is 4.33. The molecule has 2 aromatic rings. The molecule has 0 atom stereocenters. The summed E-state index contributed by atoms with van der Waals surface area (Å²) in [4.78, 5) is 12.0. The molecule has 0 amide bonds. The summed E-state index contributed by atoms with van der Waals surface area (Å²) in [5.41, 5.74) is 2.44. The number of thioether (sulfide) groups is 1. The standard InChI is InChI=1S/C14H15BrN2O2S/c1-3-17-10(6-9(2)16-17)8-20-11-4-5-13(15)12(7-11)14(18)19/h4-7H,3,8H2,1-2H3,(H,18,19). The minimum atomic E-state index is -0.922. The van der Waals surface area contributed by atoms with Crippen LogP contribution in [-0.4, -0.2) is 20.9 Å². The summed E-state index contributed by atoms with van der Waals surface area (Å²) >= 11 is 4.86. The first kappa shape index (κ1) is 15.1. The molecule has 2 rings (SSSR count). The Morgan fingerprint density at radius 3 is 2.85 bits per heavy atom. The van der Waals surface area contributed by atoms with Gasteiger partial charge in [-0.25, -0.2) is 4.79 Å². The number of carboxylic acid groups (broad SMARTS) is 1. The molecule has 1 heterocycles. The van der Waals surface area contributed by atoms with Crippen LogP contribution in [0.2, 0.25) is 0 Å². The smallest absolute Gasteiger partial charge is 0.336 e. The van der Waals surface area contributed by atoms with E-state index in [1.807, 2.05) is 17.7 Å². The van der Waals surface area contributed by atoms with Crippen molar-refractivity contribution in [1.29, 1.82) is 0 Å². The van der Waals surface area contributed by atoms with Gasteiger partial charge in [-0.3, -0.25) is 4.68 Å². The molecule has 0 aliphatic rings. The van der Waals surface area contributed by atoms with Crippen LogP contribution in [0.3, 0.4) is 0 Å². The highest BCUT2D eigenvalue weighted by atomic mass is 79.9. The maximum Gasteiger partial charge on any atom is 0.336 e. The van der Waals surface area contributed by atoms with Gasteiger partial charge in [0.25, 0.3) is 0 Å². The van der Waals surface area contributed by atoms with Crippen molar-refractivity contribution in [2.24, 2.45) is 0 Å². The van der Waals surface area contributed by atoms with Gasteiger partial charge in [0.1, 0.15) is 0 Å². The van der Waals surface area contributed by atoms with Gasteiger partial charge in [0, 0.05) is 27.4 Å². The molecule has 20 heavy (non-hydrogen) atoms. The first-order valence-electron chi connectivity index (χ1n) is 6.20.